The maximum absolute atomic E-state index is 12.9. The summed E-state index contributed by atoms with van der Waals surface area (Å²) in [7, 11) is 0. The SMILES string of the molecule is Cc1cccc(-c2n[nH]c(=S)n2CCC(=O)N2CCCN(c3ccc(C(F)(F)F)cn3)CC2)c1. The predicted molar refractivity (Wildman–Crippen MR) is 125 cm³/mol. The molecular weight excluding hydrogens is 465 g/mol. The van der Waals surface area contributed by atoms with E-state index in [1.165, 1.54) is 6.07 Å². The quantitative estimate of drug-likeness (QED) is 0.535. The van der Waals surface area contributed by atoms with Crippen molar-refractivity contribution in [3.8, 4) is 11.4 Å². The van der Waals surface area contributed by atoms with E-state index in [1.54, 1.807) is 4.90 Å². The lowest BCUT2D eigenvalue weighted by molar-refractivity contribution is -0.137. The number of anilines is 1. The molecule has 34 heavy (non-hydrogen) atoms. The molecule has 180 valence electrons. The second-order valence-electron chi connectivity index (χ2n) is 8.25. The highest BCUT2D eigenvalue weighted by molar-refractivity contribution is 7.71. The van der Waals surface area contributed by atoms with Gasteiger partial charge in [0.1, 0.15) is 5.82 Å². The minimum absolute atomic E-state index is 0.000482. The molecule has 1 amide bonds. The van der Waals surface area contributed by atoms with E-state index in [1.807, 2.05) is 40.7 Å². The van der Waals surface area contributed by atoms with Crippen molar-refractivity contribution >= 4 is 23.9 Å². The van der Waals surface area contributed by atoms with Crippen molar-refractivity contribution in [3.63, 3.8) is 0 Å². The molecule has 2 aromatic heterocycles. The Bertz CT molecular complexity index is 1200. The molecule has 3 heterocycles. The average Bonchev–Trinajstić information content (AvgIpc) is 3.01. The van der Waals surface area contributed by atoms with Gasteiger partial charge in [-0.25, -0.2) is 4.98 Å². The first-order valence-electron chi connectivity index (χ1n) is 11.0. The first-order valence-corrected chi connectivity index (χ1v) is 11.4. The van der Waals surface area contributed by atoms with Crippen LogP contribution in [-0.4, -0.2) is 56.7 Å². The van der Waals surface area contributed by atoms with Gasteiger partial charge >= 0.3 is 6.18 Å². The number of benzene rings is 1. The summed E-state index contributed by atoms with van der Waals surface area (Å²) in [6.07, 6.45) is -2.59. The highest BCUT2D eigenvalue weighted by atomic mass is 32.1. The number of pyridine rings is 1. The molecule has 0 atom stereocenters. The molecule has 0 radical (unpaired) electrons. The standard InChI is InChI=1S/C23H25F3N6OS/c1-16-4-2-5-17(14-16)21-28-29-22(34)32(21)11-8-20(33)31-10-3-9-30(12-13-31)19-7-6-18(15-27-19)23(24,25)26/h2,4-7,14-15H,3,8-13H2,1H3,(H,29,34). The fraction of sp³-hybridized carbons (Fsp3) is 0.391. The van der Waals surface area contributed by atoms with Gasteiger partial charge in [-0.05, 0) is 43.8 Å². The number of carbonyl (C=O) groups excluding carboxylic acids is 1. The third-order valence-corrected chi connectivity index (χ3v) is 6.14. The van der Waals surface area contributed by atoms with Gasteiger partial charge in [0.2, 0.25) is 5.91 Å². The zero-order valence-electron chi connectivity index (χ0n) is 18.7. The van der Waals surface area contributed by atoms with E-state index in [2.05, 4.69) is 15.2 Å². The molecule has 1 saturated heterocycles. The van der Waals surface area contributed by atoms with Crippen LogP contribution in [0.15, 0.2) is 42.6 Å². The summed E-state index contributed by atoms with van der Waals surface area (Å²) in [5.74, 6) is 1.17. The Labute approximate surface area is 200 Å². The molecule has 7 nitrogen and oxygen atoms in total. The van der Waals surface area contributed by atoms with Gasteiger partial charge in [0.25, 0.3) is 0 Å². The van der Waals surface area contributed by atoms with E-state index in [-0.39, 0.29) is 12.3 Å². The van der Waals surface area contributed by atoms with Crippen LogP contribution in [0.5, 0.6) is 0 Å². The highest BCUT2D eigenvalue weighted by Crippen LogP contribution is 2.29. The van der Waals surface area contributed by atoms with Crippen LogP contribution in [0.1, 0.15) is 24.0 Å². The maximum atomic E-state index is 12.9. The molecule has 1 fully saturated rings. The Morgan fingerprint density at radius 2 is 1.97 bits per heavy atom. The minimum atomic E-state index is -4.41. The molecule has 0 aliphatic carbocycles. The summed E-state index contributed by atoms with van der Waals surface area (Å²) in [4.78, 5) is 20.6. The number of H-pyrrole nitrogens is 1. The first-order chi connectivity index (χ1) is 16.2. The third-order valence-electron chi connectivity index (χ3n) is 5.83. The minimum Gasteiger partial charge on any atom is -0.355 e. The number of hydrogen-bond donors (Lipinski definition) is 1. The highest BCUT2D eigenvalue weighted by Gasteiger charge is 2.31. The fourth-order valence-electron chi connectivity index (χ4n) is 4.03. The number of hydrogen-bond acceptors (Lipinski definition) is 5. The maximum Gasteiger partial charge on any atom is 0.417 e. The van der Waals surface area contributed by atoms with Crippen LogP contribution in [0.3, 0.4) is 0 Å². The monoisotopic (exact) mass is 490 g/mol. The van der Waals surface area contributed by atoms with E-state index in [9.17, 15) is 18.0 Å². The topological polar surface area (TPSA) is 70.1 Å². The number of nitrogens with zero attached hydrogens (tertiary/aromatic N) is 5. The lowest BCUT2D eigenvalue weighted by atomic mass is 10.1. The summed E-state index contributed by atoms with van der Waals surface area (Å²) in [5.41, 5.74) is 1.26. The molecule has 4 rings (SSSR count). The number of nitrogens with one attached hydrogen (secondary N) is 1. The molecule has 1 aliphatic heterocycles. The number of amides is 1. The van der Waals surface area contributed by atoms with Gasteiger partial charge in [-0.15, -0.1) is 0 Å². The van der Waals surface area contributed by atoms with Crippen LogP contribution in [-0.2, 0) is 17.5 Å². The normalized spacial score (nSPS) is 14.8. The van der Waals surface area contributed by atoms with Crippen LogP contribution in [0.4, 0.5) is 19.0 Å². The summed E-state index contributed by atoms with van der Waals surface area (Å²) in [6.45, 7) is 4.58. The number of carbonyl (C=O) groups is 1. The largest absolute Gasteiger partial charge is 0.417 e. The summed E-state index contributed by atoms with van der Waals surface area (Å²) in [5, 5.41) is 7.15. The van der Waals surface area contributed by atoms with Gasteiger partial charge in [0.05, 0.1) is 5.56 Å². The Balaban J connectivity index is 1.37. The van der Waals surface area contributed by atoms with Crippen LogP contribution >= 0.6 is 12.2 Å². The Morgan fingerprint density at radius 1 is 1.15 bits per heavy atom. The number of aromatic nitrogens is 4. The van der Waals surface area contributed by atoms with Crippen LogP contribution in [0, 0.1) is 11.7 Å². The number of rotatable bonds is 5. The summed E-state index contributed by atoms with van der Waals surface area (Å²) < 4.78 is 40.7. The number of alkyl halides is 3. The molecular formula is C23H25F3N6OS. The number of aromatic amines is 1. The zero-order chi connectivity index (χ0) is 24.3. The second kappa shape index (κ2) is 9.96. The van der Waals surface area contributed by atoms with Crippen LogP contribution in [0.2, 0.25) is 0 Å². The average molecular weight is 491 g/mol. The van der Waals surface area contributed by atoms with Gasteiger partial charge in [0.15, 0.2) is 10.6 Å². The van der Waals surface area contributed by atoms with Crippen molar-refractivity contribution in [1.29, 1.82) is 0 Å². The van der Waals surface area contributed by atoms with E-state index in [0.717, 1.165) is 23.4 Å². The molecule has 11 heteroatoms. The first kappa shape index (κ1) is 23.9. The molecule has 0 unspecified atom stereocenters. The fourth-order valence-corrected chi connectivity index (χ4v) is 4.26. The van der Waals surface area contributed by atoms with Gasteiger partial charge in [-0.3, -0.25) is 14.5 Å². The third kappa shape index (κ3) is 5.46. The van der Waals surface area contributed by atoms with E-state index < -0.39 is 11.7 Å². The zero-order valence-corrected chi connectivity index (χ0v) is 19.5. The van der Waals surface area contributed by atoms with Crippen LogP contribution in [0.25, 0.3) is 11.4 Å². The van der Waals surface area contributed by atoms with Gasteiger partial charge in [0, 0.05) is 50.9 Å². The second-order valence-corrected chi connectivity index (χ2v) is 8.63. The van der Waals surface area contributed by atoms with E-state index in [4.69, 9.17) is 12.2 Å². The van der Waals surface area contributed by atoms with Crippen molar-refractivity contribution in [2.24, 2.45) is 0 Å². The molecule has 1 N–H and O–H groups in total. The number of halogens is 3. The number of aryl methyl sites for hydroxylation is 1. The predicted octanol–water partition coefficient (Wildman–Crippen LogP) is 4.46. The van der Waals surface area contributed by atoms with Gasteiger partial charge in [-0.1, -0.05) is 23.8 Å². The summed E-state index contributed by atoms with van der Waals surface area (Å²) in [6, 6.07) is 10.3. The summed E-state index contributed by atoms with van der Waals surface area (Å²) >= 11 is 5.37. The Morgan fingerprint density at radius 3 is 2.68 bits per heavy atom. The van der Waals surface area contributed by atoms with Crippen molar-refractivity contribution in [1.82, 2.24) is 24.6 Å². The Hall–Kier alpha value is -3.21. The molecule has 0 bridgehead atoms. The van der Waals surface area contributed by atoms with Crippen LogP contribution < -0.4 is 4.90 Å². The van der Waals surface area contributed by atoms with Crippen molar-refractivity contribution in [3.05, 3.63) is 58.5 Å². The molecule has 0 saturated carbocycles. The molecule has 3 aromatic rings. The van der Waals surface area contributed by atoms with E-state index in [0.29, 0.717) is 55.6 Å². The molecule has 0 spiro atoms. The van der Waals surface area contributed by atoms with Gasteiger partial charge in [-0.2, -0.15) is 18.3 Å². The molecule has 1 aliphatic rings. The lowest BCUT2D eigenvalue weighted by Crippen LogP contribution is -2.35. The van der Waals surface area contributed by atoms with Crippen molar-refractivity contribution in [2.75, 3.05) is 31.1 Å². The smallest absolute Gasteiger partial charge is 0.355 e. The van der Waals surface area contributed by atoms with E-state index >= 15 is 0 Å². The van der Waals surface area contributed by atoms with Crippen molar-refractivity contribution < 1.29 is 18.0 Å². The van der Waals surface area contributed by atoms with Gasteiger partial charge < -0.3 is 9.80 Å². The van der Waals surface area contributed by atoms with Crippen molar-refractivity contribution in [2.45, 2.75) is 32.5 Å². The lowest BCUT2D eigenvalue weighted by Gasteiger charge is -2.23. The Kier molecular flexibility index (Phi) is 7.01. The molecule has 1 aromatic carbocycles.